The van der Waals surface area contributed by atoms with Crippen LogP contribution in [0, 0.1) is 0 Å². The normalized spacial score (nSPS) is 10.4. The number of hydrogen-bond donors (Lipinski definition) is 1. The summed E-state index contributed by atoms with van der Waals surface area (Å²) in [6, 6.07) is 6.76. The number of hydrogen-bond acceptors (Lipinski definition) is 5. The number of benzene rings is 1. The molecule has 1 N–H and O–H groups in total. The molecule has 0 aliphatic carbocycles. The minimum absolute atomic E-state index is 0.280. The first-order valence-corrected chi connectivity index (χ1v) is 5.83. The highest BCUT2D eigenvalue weighted by Crippen LogP contribution is 2.21. The second kappa shape index (κ2) is 4.96. The molecule has 1 heterocycles. The first kappa shape index (κ1) is 11.6. The molecule has 0 saturated carbocycles. The van der Waals surface area contributed by atoms with E-state index in [4.69, 9.17) is 5.11 Å². The Kier molecular flexibility index (Phi) is 3.38. The van der Waals surface area contributed by atoms with Crippen LogP contribution in [0.15, 0.2) is 29.2 Å². The van der Waals surface area contributed by atoms with Gasteiger partial charge in [-0.15, -0.1) is 22.0 Å². The smallest absolute Gasteiger partial charge is 0.335 e. The molecule has 0 atom stereocenters. The van der Waals surface area contributed by atoms with E-state index in [-0.39, 0.29) is 5.56 Å². The van der Waals surface area contributed by atoms with Crippen molar-refractivity contribution < 1.29 is 9.90 Å². The average molecular weight is 250 g/mol. The number of carbonyl (C=O) groups is 1. The largest absolute Gasteiger partial charge is 0.478 e. The minimum Gasteiger partial charge on any atom is -0.478 e. The third kappa shape index (κ3) is 3.04. The summed E-state index contributed by atoms with van der Waals surface area (Å²) in [7, 11) is 1.70. The zero-order valence-corrected chi connectivity index (χ0v) is 9.89. The maximum Gasteiger partial charge on any atom is 0.335 e. The van der Waals surface area contributed by atoms with Crippen LogP contribution in [0.2, 0.25) is 0 Å². The molecule has 0 aliphatic rings. The van der Waals surface area contributed by atoms with E-state index < -0.39 is 5.97 Å². The van der Waals surface area contributed by atoms with Crippen LogP contribution in [0.25, 0.3) is 0 Å². The van der Waals surface area contributed by atoms with Crippen molar-refractivity contribution in [3.05, 3.63) is 35.7 Å². The van der Waals surface area contributed by atoms with Gasteiger partial charge in [0.05, 0.1) is 18.4 Å². The number of aryl methyl sites for hydroxylation is 1. The summed E-state index contributed by atoms with van der Waals surface area (Å²) >= 11 is 1.48. The van der Waals surface area contributed by atoms with Crippen molar-refractivity contribution in [3.63, 3.8) is 0 Å². The lowest BCUT2D eigenvalue weighted by atomic mass is 10.2. The van der Waals surface area contributed by atoms with E-state index in [2.05, 4.69) is 15.4 Å². The van der Waals surface area contributed by atoms with E-state index in [1.54, 1.807) is 25.2 Å². The number of rotatable bonds is 4. The lowest BCUT2D eigenvalue weighted by Crippen LogP contribution is -1.95. The van der Waals surface area contributed by atoms with Gasteiger partial charge < -0.3 is 5.11 Å². The Morgan fingerprint density at radius 1 is 1.53 bits per heavy atom. The lowest BCUT2D eigenvalue weighted by molar-refractivity contribution is 0.0696. The Labute approximate surface area is 102 Å². The van der Waals surface area contributed by atoms with Crippen LogP contribution in [0.1, 0.15) is 16.2 Å². The first-order valence-electron chi connectivity index (χ1n) is 4.84. The van der Waals surface area contributed by atoms with Crippen LogP contribution in [-0.4, -0.2) is 31.3 Å². The number of tetrazole rings is 1. The van der Waals surface area contributed by atoms with Gasteiger partial charge >= 0.3 is 5.97 Å². The van der Waals surface area contributed by atoms with Crippen LogP contribution in [0.3, 0.4) is 0 Å². The average Bonchev–Trinajstić information content (AvgIpc) is 2.73. The number of nitrogens with zero attached hydrogens (tertiary/aromatic N) is 4. The van der Waals surface area contributed by atoms with Crippen LogP contribution >= 0.6 is 11.8 Å². The summed E-state index contributed by atoms with van der Waals surface area (Å²) in [6.07, 6.45) is 0. The summed E-state index contributed by atoms with van der Waals surface area (Å²) in [4.78, 5) is 13.0. The molecule has 1 aromatic heterocycles. The molecule has 2 aromatic rings. The Balaban J connectivity index is 2.04. The van der Waals surface area contributed by atoms with Gasteiger partial charge in [-0.3, -0.25) is 0 Å². The van der Waals surface area contributed by atoms with E-state index in [1.807, 2.05) is 6.07 Å². The Hall–Kier alpha value is -1.89. The van der Waals surface area contributed by atoms with Crippen molar-refractivity contribution in [2.75, 3.05) is 0 Å². The maximum absolute atomic E-state index is 10.8. The molecule has 0 unspecified atom stereocenters. The topological polar surface area (TPSA) is 80.9 Å². The van der Waals surface area contributed by atoms with Gasteiger partial charge in [0.25, 0.3) is 0 Å². The lowest BCUT2D eigenvalue weighted by Gasteiger charge is -2.00. The van der Waals surface area contributed by atoms with Gasteiger partial charge in [-0.25, -0.2) is 4.79 Å². The van der Waals surface area contributed by atoms with Gasteiger partial charge in [-0.2, -0.15) is 4.80 Å². The minimum atomic E-state index is -0.926. The molecule has 0 saturated heterocycles. The number of aromatic carboxylic acids is 1. The number of aromatic nitrogens is 4. The maximum atomic E-state index is 10.8. The van der Waals surface area contributed by atoms with Crippen molar-refractivity contribution in [2.24, 2.45) is 7.05 Å². The van der Waals surface area contributed by atoms with Gasteiger partial charge in [0.15, 0.2) is 5.82 Å². The number of carboxylic acid groups (broad SMARTS) is 1. The molecule has 0 amide bonds. The quantitative estimate of drug-likeness (QED) is 0.821. The highest BCUT2D eigenvalue weighted by Gasteiger charge is 2.05. The highest BCUT2D eigenvalue weighted by atomic mass is 32.2. The van der Waals surface area contributed by atoms with E-state index in [0.29, 0.717) is 11.6 Å². The Morgan fingerprint density at radius 2 is 2.35 bits per heavy atom. The van der Waals surface area contributed by atoms with Crippen molar-refractivity contribution >= 4 is 17.7 Å². The van der Waals surface area contributed by atoms with Crippen LogP contribution < -0.4 is 0 Å². The molecular weight excluding hydrogens is 240 g/mol. The standard InChI is InChI=1S/C10H10N4O2S/c1-14-12-9(11-13-14)6-17-8-4-2-3-7(5-8)10(15)16/h2-5H,6H2,1H3,(H,15,16). The van der Waals surface area contributed by atoms with Crippen LogP contribution in [0.4, 0.5) is 0 Å². The van der Waals surface area contributed by atoms with E-state index in [9.17, 15) is 4.79 Å². The van der Waals surface area contributed by atoms with Gasteiger partial charge in [0.1, 0.15) is 0 Å². The molecular formula is C10H10N4O2S. The summed E-state index contributed by atoms with van der Waals surface area (Å²) in [5, 5.41) is 20.5. The van der Waals surface area contributed by atoms with Gasteiger partial charge in [0.2, 0.25) is 0 Å². The molecule has 6 nitrogen and oxygen atoms in total. The van der Waals surface area contributed by atoms with Crippen molar-refractivity contribution in [3.8, 4) is 0 Å². The molecule has 0 spiro atoms. The fourth-order valence-electron chi connectivity index (χ4n) is 1.25. The predicted molar refractivity (Wildman–Crippen MR) is 61.8 cm³/mol. The van der Waals surface area contributed by atoms with Crippen LogP contribution in [-0.2, 0) is 12.8 Å². The third-order valence-corrected chi connectivity index (χ3v) is 2.99. The summed E-state index contributed by atoms with van der Waals surface area (Å²) in [5.74, 6) is 0.264. The molecule has 0 fully saturated rings. The molecule has 7 heteroatoms. The Bertz CT molecular complexity index is 541. The second-order valence-corrected chi connectivity index (χ2v) is 4.37. The van der Waals surface area contributed by atoms with Crippen LogP contribution in [0.5, 0.6) is 0 Å². The molecule has 88 valence electrons. The fourth-order valence-corrected chi connectivity index (χ4v) is 2.04. The number of thioether (sulfide) groups is 1. The van der Waals surface area contributed by atoms with Gasteiger partial charge in [-0.05, 0) is 23.4 Å². The van der Waals surface area contributed by atoms with Crippen molar-refractivity contribution in [2.45, 2.75) is 10.6 Å². The Morgan fingerprint density at radius 3 is 3.00 bits per heavy atom. The predicted octanol–water partition coefficient (Wildman–Crippen LogP) is 1.20. The monoisotopic (exact) mass is 250 g/mol. The second-order valence-electron chi connectivity index (χ2n) is 3.32. The van der Waals surface area contributed by atoms with Gasteiger partial charge in [0, 0.05) is 4.90 Å². The zero-order chi connectivity index (χ0) is 12.3. The van der Waals surface area contributed by atoms with Crippen molar-refractivity contribution in [1.82, 2.24) is 20.2 Å². The molecule has 2 rings (SSSR count). The summed E-state index contributed by atoms with van der Waals surface area (Å²) in [5.41, 5.74) is 0.280. The molecule has 1 aromatic carbocycles. The molecule has 0 aliphatic heterocycles. The van der Waals surface area contributed by atoms with E-state index in [0.717, 1.165) is 4.90 Å². The first-order chi connectivity index (χ1) is 8.15. The van der Waals surface area contributed by atoms with E-state index in [1.165, 1.54) is 16.6 Å². The van der Waals surface area contributed by atoms with E-state index >= 15 is 0 Å². The zero-order valence-electron chi connectivity index (χ0n) is 9.07. The molecule has 17 heavy (non-hydrogen) atoms. The van der Waals surface area contributed by atoms with Crippen molar-refractivity contribution in [1.29, 1.82) is 0 Å². The highest BCUT2D eigenvalue weighted by molar-refractivity contribution is 7.98. The SMILES string of the molecule is Cn1nnc(CSc2cccc(C(=O)O)c2)n1. The fraction of sp³-hybridized carbons (Fsp3) is 0.200. The van der Waals surface area contributed by atoms with Gasteiger partial charge in [-0.1, -0.05) is 6.07 Å². The third-order valence-electron chi connectivity index (χ3n) is 2.00. The molecule has 0 radical (unpaired) electrons. The summed E-state index contributed by atoms with van der Waals surface area (Å²) < 4.78 is 0. The number of carboxylic acids is 1. The molecule has 0 bridgehead atoms. The summed E-state index contributed by atoms with van der Waals surface area (Å²) in [6.45, 7) is 0.